The van der Waals surface area contributed by atoms with E-state index in [9.17, 15) is 18.0 Å². The van der Waals surface area contributed by atoms with Gasteiger partial charge < -0.3 is 9.47 Å². The van der Waals surface area contributed by atoms with E-state index in [0.29, 0.717) is 11.5 Å². The predicted molar refractivity (Wildman–Crippen MR) is 111 cm³/mol. The number of benzene rings is 2. The molecule has 0 aliphatic carbocycles. The van der Waals surface area contributed by atoms with Crippen molar-refractivity contribution in [2.45, 2.75) is 24.8 Å². The van der Waals surface area contributed by atoms with E-state index in [0.717, 1.165) is 4.31 Å². The predicted octanol–water partition coefficient (Wildman–Crippen LogP) is 1.56. The minimum Gasteiger partial charge on any atom is -0.493 e. The molecule has 0 atom stereocenters. The monoisotopic (exact) mass is 435 g/mol. The third kappa shape index (κ3) is 5.94. The summed E-state index contributed by atoms with van der Waals surface area (Å²) in [6, 6.07) is 12.3. The molecule has 10 heteroatoms. The first-order valence-corrected chi connectivity index (χ1v) is 10.5. The van der Waals surface area contributed by atoms with Gasteiger partial charge in [-0.3, -0.25) is 20.4 Å². The summed E-state index contributed by atoms with van der Waals surface area (Å²) in [6.45, 7) is 3.26. The van der Waals surface area contributed by atoms with Crippen LogP contribution < -0.4 is 20.3 Å². The lowest BCUT2D eigenvalue weighted by Crippen LogP contribution is -2.46. The molecule has 30 heavy (non-hydrogen) atoms. The first-order chi connectivity index (χ1) is 14.1. The van der Waals surface area contributed by atoms with Crippen LogP contribution in [0, 0.1) is 0 Å². The van der Waals surface area contributed by atoms with Crippen molar-refractivity contribution in [1.82, 2.24) is 15.2 Å². The van der Waals surface area contributed by atoms with Crippen molar-refractivity contribution in [1.29, 1.82) is 0 Å². The van der Waals surface area contributed by atoms with E-state index < -0.39 is 28.4 Å². The number of sulfonamides is 1. The smallest absolute Gasteiger partial charge is 0.269 e. The number of ether oxygens (including phenoxy) is 2. The van der Waals surface area contributed by atoms with Gasteiger partial charge >= 0.3 is 0 Å². The number of hydrazine groups is 1. The van der Waals surface area contributed by atoms with Gasteiger partial charge in [0, 0.05) is 12.6 Å². The number of rotatable bonds is 8. The van der Waals surface area contributed by atoms with Gasteiger partial charge in [-0.25, -0.2) is 8.42 Å². The fourth-order valence-electron chi connectivity index (χ4n) is 2.46. The second-order valence-electron chi connectivity index (χ2n) is 6.61. The molecule has 9 nitrogen and oxygen atoms in total. The third-order valence-electron chi connectivity index (χ3n) is 3.92. The fraction of sp³-hybridized carbons (Fsp3) is 0.300. The van der Waals surface area contributed by atoms with Gasteiger partial charge in [-0.1, -0.05) is 18.2 Å². The van der Waals surface area contributed by atoms with Crippen LogP contribution in [0.4, 0.5) is 0 Å². The van der Waals surface area contributed by atoms with Crippen LogP contribution in [0.2, 0.25) is 0 Å². The Bertz CT molecular complexity index is 993. The molecule has 162 valence electrons. The molecule has 0 fully saturated rings. The average molecular weight is 436 g/mol. The highest BCUT2D eigenvalue weighted by Gasteiger charge is 2.23. The SMILES string of the molecule is COc1cc(C(=O)NNC(=O)CN(C)S(=O)(=O)c2ccccc2)ccc1OC(C)C. The van der Waals surface area contributed by atoms with Crippen LogP contribution in [0.1, 0.15) is 24.2 Å². The molecule has 0 aliphatic heterocycles. The number of carbonyl (C=O) groups is 2. The topological polar surface area (TPSA) is 114 Å². The highest BCUT2D eigenvalue weighted by molar-refractivity contribution is 7.89. The normalized spacial score (nSPS) is 11.3. The molecule has 0 spiro atoms. The maximum atomic E-state index is 12.4. The molecule has 0 aliphatic rings. The van der Waals surface area contributed by atoms with Gasteiger partial charge in [0.05, 0.1) is 24.7 Å². The second kappa shape index (κ2) is 10.1. The minimum atomic E-state index is -3.82. The quantitative estimate of drug-likeness (QED) is 0.609. The molecule has 2 aromatic rings. The van der Waals surface area contributed by atoms with E-state index in [1.165, 1.54) is 38.4 Å². The summed E-state index contributed by atoms with van der Waals surface area (Å²) in [5, 5.41) is 0. The van der Waals surface area contributed by atoms with Crippen molar-refractivity contribution >= 4 is 21.8 Å². The van der Waals surface area contributed by atoms with E-state index in [1.54, 1.807) is 24.3 Å². The van der Waals surface area contributed by atoms with Gasteiger partial charge in [0.25, 0.3) is 11.8 Å². The van der Waals surface area contributed by atoms with Gasteiger partial charge in [0.1, 0.15) is 0 Å². The summed E-state index contributed by atoms with van der Waals surface area (Å²) in [7, 11) is -1.09. The first-order valence-electron chi connectivity index (χ1n) is 9.10. The highest BCUT2D eigenvalue weighted by atomic mass is 32.2. The first kappa shape index (κ1) is 23.2. The van der Waals surface area contributed by atoms with Gasteiger partial charge in [0.2, 0.25) is 10.0 Å². The summed E-state index contributed by atoms with van der Waals surface area (Å²) in [6.07, 6.45) is -0.0676. The number of nitrogens with one attached hydrogen (secondary N) is 2. The summed E-state index contributed by atoms with van der Waals surface area (Å²) < 4.78 is 36.6. The molecule has 0 unspecified atom stereocenters. The van der Waals surface area contributed by atoms with Crippen LogP contribution in [-0.2, 0) is 14.8 Å². The summed E-state index contributed by atoms with van der Waals surface area (Å²) in [4.78, 5) is 24.5. The number of nitrogens with zero attached hydrogens (tertiary/aromatic N) is 1. The molecule has 0 bridgehead atoms. The zero-order chi connectivity index (χ0) is 22.3. The van der Waals surface area contributed by atoms with E-state index in [-0.39, 0.29) is 16.6 Å². The van der Waals surface area contributed by atoms with Crippen LogP contribution >= 0.6 is 0 Å². The Hall–Kier alpha value is -3.11. The van der Waals surface area contributed by atoms with E-state index in [4.69, 9.17) is 9.47 Å². The van der Waals surface area contributed by atoms with Crippen LogP contribution in [0.25, 0.3) is 0 Å². The molecular formula is C20H25N3O6S. The molecule has 0 heterocycles. The molecule has 2 rings (SSSR count). The summed E-state index contributed by atoms with van der Waals surface area (Å²) in [5.74, 6) is -0.430. The Balaban J connectivity index is 1.97. The van der Waals surface area contributed by atoms with Crippen LogP contribution in [-0.4, -0.2) is 51.3 Å². The molecule has 0 saturated heterocycles. The molecule has 0 radical (unpaired) electrons. The van der Waals surface area contributed by atoms with Crippen molar-refractivity contribution in [3.8, 4) is 11.5 Å². The van der Waals surface area contributed by atoms with Gasteiger partial charge in [-0.15, -0.1) is 0 Å². The number of hydrogen-bond donors (Lipinski definition) is 2. The molecular weight excluding hydrogens is 410 g/mol. The largest absolute Gasteiger partial charge is 0.493 e. The maximum absolute atomic E-state index is 12.4. The molecule has 2 N–H and O–H groups in total. The zero-order valence-electron chi connectivity index (χ0n) is 17.2. The minimum absolute atomic E-state index is 0.0676. The Labute approximate surface area is 176 Å². The highest BCUT2D eigenvalue weighted by Crippen LogP contribution is 2.28. The Morgan fingerprint density at radius 3 is 2.30 bits per heavy atom. The summed E-state index contributed by atoms with van der Waals surface area (Å²) >= 11 is 0. The van der Waals surface area contributed by atoms with Crippen molar-refractivity contribution < 1.29 is 27.5 Å². The molecule has 2 amide bonds. The molecule has 2 aromatic carbocycles. The maximum Gasteiger partial charge on any atom is 0.269 e. The van der Waals surface area contributed by atoms with Crippen LogP contribution in [0.5, 0.6) is 11.5 Å². The number of amides is 2. The average Bonchev–Trinajstić information content (AvgIpc) is 2.72. The van der Waals surface area contributed by atoms with Crippen molar-refractivity contribution in [2.24, 2.45) is 0 Å². The lowest BCUT2D eigenvalue weighted by Gasteiger charge is -2.17. The Kier molecular flexibility index (Phi) is 7.79. The van der Waals surface area contributed by atoms with E-state index in [1.807, 2.05) is 13.8 Å². The number of likely N-dealkylation sites (N-methyl/N-ethyl adjacent to an activating group) is 1. The second-order valence-corrected chi connectivity index (χ2v) is 8.65. The summed E-state index contributed by atoms with van der Waals surface area (Å²) in [5.41, 5.74) is 4.68. The lowest BCUT2D eigenvalue weighted by atomic mass is 10.2. The van der Waals surface area contributed by atoms with Crippen molar-refractivity contribution in [3.63, 3.8) is 0 Å². The van der Waals surface area contributed by atoms with Crippen molar-refractivity contribution in [2.75, 3.05) is 20.7 Å². The fourth-order valence-corrected chi connectivity index (χ4v) is 3.61. The third-order valence-corrected chi connectivity index (χ3v) is 5.74. The standard InChI is InChI=1S/C20H25N3O6S/c1-14(2)29-17-11-10-15(12-18(17)28-4)20(25)22-21-19(24)13-23(3)30(26,27)16-8-6-5-7-9-16/h5-12,14H,13H2,1-4H3,(H,21,24)(H,22,25). The zero-order valence-corrected chi connectivity index (χ0v) is 18.0. The molecule has 0 aromatic heterocycles. The number of hydrogen-bond acceptors (Lipinski definition) is 6. The van der Waals surface area contributed by atoms with Gasteiger partial charge in [0.15, 0.2) is 11.5 Å². The molecule has 0 saturated carbocycles. The number of carbonyl (C=O) groups excluding carboxylic acids is 2. The van der Waals surface area contributed by atoms with Gasteiger partial charge in [-0.05, 0) is 44.2 Å². The van der Waals surface area contributed by atoms with Gasteiger partial charge in [-0.2, -0.15) is 4.31 Å². The lowest BCUT2D eigenvalue weighted by molar-refractivity contribution is -0.121. The van der Waals surface area contributed by atoms with Crippen LogP contribution in [0.15, 0.2) is 53.4 Å². The Morgan fingerprint density at radius 2 is 1.70 bits per heavy atom. The van der Waals surface area contributed by atoms with Crippen molar-refractivity contribution in [3.05, 3.63) is 54.1 Å². The Morgan fingerprint density at radius 1 is 1.03 bits per heavy atom. The van der Waals surface area contributed by atoms with Crippen LogP contribution in [0.3, 0.4) is 0 Å². The number of methoxy groups -OCH3 is 1. The van der Waals surface area contributed by atoms with E-state index in [2.05, 4.69) is 10.9 Å². The van der Waals surface area contributed by atoms with E-state index >= 15 is 0 Å².